The van der Waals surface area contributed by atoms with Gasteiger partial charge in [0.2, 0.25) is 0 Å². The van der Waals surface area contributed by atoms with E-state index < -0.39 is 0 Å². The summed E-state index contributed by atoms with van der Waals surface area (Å²) in [7, 11) is 1.95. The van der Waals surface area contributed by atoms with Crippen molar-refractivity contribution < 1.29 is 4.74 Å². The van der Waals surface area contributed by atoms with Gasteiger partial charge in [-0.2, -0.15) is 0 Å². The highest BCUT2D eigenvalue weighted by molar-refractivity contribution is 9.10. The van der Waals surface area contributed by atoms with Gasteiger partial charge in [-0.1, -0.05) is 28.8 Å². The van der Waals surface area contributed by atoms with Crippen LogP contribution in [-0.2, 0) is 6.54 Å². The number of benzene rings is 1. The topological polar surface area (TPSA) is 21.3 Å². The zero-order chi connectivity index (χ0) is 11.4. The van der Waals surface area contributed by atoms with E-state index in [1.165, 1.54) is 24.8 Å². The molecule has 0 heterocycles. The molecule has 1 aromatic rings. The van der Waals surface area contributed by atoms with Crippen LogP contribution in [0.15, 0.2) is 22.7 Å². The molecular weight excluding hydrogens is 266 g/mol. The maximum atomic E-state index is 5.75. The third-order valence-electron chi connectivity index (χ3n) is 2.88. The molecule has 0 unspecified atom stereocenters. The van der Waals surface area contributed by atoms with Crippen molar-refractivity contribution in [1.29, 1.82) is 0 Å². The number of hydrogen-bond acceptors (Lipinski definition) is 2. The lowest BCUT2D eigenvalue weighted by Gasteiger charge is -2.09. The third-order valence-corrected chi connectivity index (χ3v) is 3.65. The minimum absolute atomic E-state index is 0.852. The van der Waals surface area contributed by atoms with Crippen molar-refractivity contribution in [3.05, 3.63) is 28.2 Å². The van der Waals surface area contributed by atoms with Crippen LogP contribution in [0.1, 0.15) is 24.8 Å². The number of nitrogens with one attached hydrogen (secondary N) is 1. The molecule has 2 nitrogen and oxygen atoms in total. The van der Waals surface area contributed by atoms with Crippen molar-refractivity contribution in [2.45, 2.75) is 25.8 Å². The summed E-state index contributed by atoms with van der Waals surface area (Å²) in [6, 6.07) is 6.18. The lowest BCUT2D eigenvalue weighted by molar-refractivity contribution is 0.302. The molecule has 88 valence electrons. The maximum Gasteiger partial charge on any atom is 0.119 e. The van der Waals surface area contributed by atoms with Crippen LogP contribution in [0.25, 0.3) is 0 Å². The van der Waals surface area contributed by atoms with Crippen molar-refractivity contribution >= 4 is 15.9 Å². The summed E-state index contributed by atoms with van der Waals surface area (Å²) in [6.07, 6.45) is 4.00. The molecule has 0 spiro atoms. The van der Waals surface area contributed by atoms with Crippen LogP contribution in [0.4, 0.5) is 0 Å². The smallest absolute Gasteiger partial charge is 0.119 e. The molecule has 3 heteroatoms. The van der Waals surface area contributed by atoms with E-state index in [9.17, 15) is 0 Å². The first-order valence-corrected chi connectivity index (χ1v) is 6.64. The zero-order valence-corrected chi connectivity index (χ0v) is 11.2. The van der Waals surface area contributed by atoms with E-state index in [1.807, 2.05) is 13.1 Å². The van der Waals surface area contributed by atoms with Gasteiger partial charge < -0.3 is 10.1 Å². The molecule has 1 aliphatic carbocycles. The quantitative estimate of drug-likeness (QED) is 0.865. The summed E-state index contributed by atoms with van der Waals surface area (Å²) in [5.74, 6) is 1.92. The first-order chi connectivity index (χ1) is 7.79. The lowest BCUT2D eigenvalue weighted by Crippen LogP contribution is -2.06. The van der Waals surface area contributed by atoms with Crippen LogP contribution in [0.5, 0.6) is 5.75 Å². The maximum absolute atomic E-state index is 5.75. The van der Waals surface area contributed by atoms with Crippen molar-refractivity contribution in [2.24, 2.45) is 5.92 Å². The summed E-state index contributed by atoms with van der Waals surface area (Å²) in [5.41, 5.74) is 1.24. The Morgan fingerprint density at radius 2 is 2.25 bits per heavy atom. The van der Waals surface area contributed by atoms with Gasteiger partial charge in [-0.05, 0) is 43.1 Å². The Labute approximate surface area is 106 Å². The number of halogens is 1. The monoisotopic (exact) mass is 283 g/mol. The zero-order valence-electron chi connectivity index (χ0n) is 9.63. The average Bonchev–Trinajstić information content (AvgIpc) is 3.07. The van der Waals surface area contributed by atoms with E-state index in [-0.39, 0.29) is 0 Å². The molecular formula is C13H18BrNO. The van der Waals surface area contributed by atoms with Crippen LogP contribution in [0.3, 0.4) is 0 Å². The fourth-order valence-electron chi connectivity index (χ4n) is 1.72. The molecule has 1 N–H and O–H groups in total. The summed E-state index contributed by atoms with van der Waals surface area (Å²) < 4.78 is 6.89. The van der Waals surface area contributed by atoms with Crippen LogP contribution in [0.2, 0.25) is 0 Å². The Morgan fingerprint density at radius 3 is 2.94 bits per heavy atom. The predicted octanol–water partition coefficient (Wildman–Crippen LogP) is 3.35. The van der Waals surface area contributed by atoms with Crippen LogP contribution in [-0.4, -0.2) is 13.7 Å². The summed E-state index contributed by atoms with van der Waals surface area (Å²) >= 11 is 3.54. The van der Waals surface area contributed by atoms with Crippen LogP contribution in [0, 0.1) is 5.92 Å². The molecule has 0 aliphatic heterocycles. The lowest BCUT2D eigenvalue weighted by atomic mass is 10.2. The van der Waals surface area contributed by atoms with Crippen molar-refractivity contribution in [3.63, 3.8) is 0 Å². The van der Waals surface area contributed by atoms with E-state index in [2.05, 4.69) is 33.4 Å². The second-order valence-corrected chi connectivity index (χ2v) is 5.22. The Kier molecular flexibility index (Phi) is 4.24. The standard InChI is InChI=1S/C13H18BrNO/c1-15-9-11-8-12(4-5-13(11)14)16-7-6-10-2-3-10/h4-5,8,10,15H,2-3,6-7,9H2,1H3. The fraction of sp³-hybridized carbons (Fsp3) is 0.538. The first-order valence-electron chi connectivity index (χ1n) is 5.85. The molecule has 1 aliphatic rings. The fourth-order valence-corrected chi connectivity index (χ4v) is 2.10. The Balaban J connectivity index is 1.89. The molecule has 16 heavy (non-hydrogen) atoms. The van der Waals surface area contributed by atoms with Gasteiger partial charge in [-0.25, -0.2) is 0 Å². The molecule has 1 fully saturated rings. The van der Waals surface area contributed by atoms with Gasteiger partial charge in [0.15, 0.2) is 0 Å². The Morgan fingerprint density at radius 1 is 1.44 bits per heavy atom. The molecule has 0 saturated heterocycles. The Bertz CT molecular complexity index is 350. The highest BCUT2D eigenvalue weighted by Crippen LogP contribution is 2.32. The summed E-state index contributed by atoms with van der Waals surface area (Å²) in [5, 5.41) is 3.15. The minimum Gasteiger partial charge on any atom is -0.494 e. The van der Waals surface area contributed by atoms with E-state index in [1.54, 1.807) is 0 Å². The normalized spacial score (nSPS) is 15.1. The second kappa shape index (κ2) is 5.69. The third kappa shape index (κ3) is 3.49. The van der Waals surface area contributed by atoms with Gasteiger partial charge in [0, 0.05) is 11.0 Å². The van der Waals surface area contributed by atoms with Gasteiger partial charge in [0.25, 0.3) is 0 Å². The first kappa shape index (κ1) is 11.9. The van der Waals surface area contributed by atoms with E-state index >= 15 is 0 Å². The predicted molar refractivity (Wildman–Crippen MR) is 69.7 cm³/mol. The molecule has 1 saturated carbocycles. The largest absolute Gasteiger partial charge is 0.494 e. The Hall–Kier alpha value is -0.540. The summed E-state index contributed by atoms with van der Waals surface area (Å²) in [4.78, 5) is 0. The molecule has 0 atom stereocenters. The minimum atomic E-state index is 0.852. The van der Waals surface area contributed by atoms with Crippen LogP contribution < -0.4 is 10.1 Å². The van der Waals surface area contributed by atoms with Gasteiger partial charge >= 0.3 is 0 Å². The summed E-state index contributed by atoms with van der Waals surface area (Å²) in [6.45, 7) is 1.71. The van der Waals surface area contributed by atoms with Crippen molar-refractivity contribution in [3.8, 4) is 5.75 Å². The van der Waals surface area contributed by atoms with Gasteiger partial charge in [0.1, 0.15) is 5.75 Å². The van der Waals surface area contributed by atoms with Crippen molar-refractivity contribution in [2.75, 3.05) is 13.7 Å². The number of hydrogen-bond donors (Lipinski definition) is 1. The highest BCUT2D eigenvalue weighted by atomic mass is 79.9. The molecule has 2 rings (SSSR count). The van der Waals surface area contributed by atoms with Crippen LogP contribution >= 0.6 is 15.9 Å². The van der Waals surface area contributed by atoms with Gasteiger partial charge in [-0.15, -0.1) is 0 Å². The van der Waals surface area contributed by atoms with Gasteiger partial charge in [0.05, 0.1) is 6.61 Å². The molecule has 0 amide bonds. The number of ether oxygens (including phenoxy) is 1. The molecule has 0 radical (unpaired) electrons. The molecule has 1 aromatic carbocycles. The molecule has 0 bridgehead atoms. The van der Waals surface area contributed by atoms with Gasteiger partial charge in [-0.3, -0.25) is 0 Å². The number of rotatable bonds is 6. The molecule has 0 aromatic heterocycles. The van der Waals surface area contributed by atoms with E-state index in [4.69, 9.17) is 4.74 Å². The van der Waals surface area contributed by atoms with E-state index in [0.717, 1.165) is 29.3 Å². The van der Waals surface area contributed by atoms with E-state index in [0.29, 0.717) is 0 Å². The SMILES string of the molecule is CNCc1cc(OCCC2CC2)ccc1Br. The average molecular weight is 284 g/mol. The second-order valence-electron chi connectivity index (χ2n) is 4.36. The van der Waals surface area contributed by atoms with Crippen molar-refractivity contribution in [1.82, 2.24) is 5.32 Å². The highest BCUT2D eigenvalue weighted by Gasteiger charge is 2.20.